The fraction of sp³-hybridized carbons (Fsp3) is 0.647. The van der Waals surface area contributed by atoms with E-state index in [0.29, 0.717) is 12.1 Å². The average molecular weight is 260 g/mol. The lowest BCUT2D eigenvalue weighted by Crippen LogP contribution is -2.45. The first-order valence-corrected chi connectivity index (χ1v) is 7.70. The van der Waals surface area contributed by atoms with Gasteiger partial charge in [-0.2, -0.15) is 0 Å². The zero-order valence-electron chi connectivity index (χ0n) is 12.7. The molecule has 0 radical (unpaired) electrons. The second kappa shape index (κ2) is 7.06. The van der Waals surface area contributed by atoms with E-state index in [-0.39, 0.29) is 0 Å². The quantitative estimate of drug-likeness (QED) is 0.844. The van der Waals surface area contributed by atoms with Gasteiger partial charge in [-0.1, -0.05) is 37.6 Å². The Morgan fingerprint density at radius 1 is 1.26 bits per heavy atom. The third-order valence-corrected chi connectivity index (χ3v) is 4.38. The maximum Gasteiger partial charge on any atom is 0.0249 e. The van der Waals surface area contributed by atoms with E-state index in [2.05, 4.69) is 55.4 Å². The minimum Gasteiger partial charge on any atom is -0.312 e. The van der Waals surface area contributed by atoms with E-state index in [9.17, 15) is 0 Å². The van der Waals surface area contributed by atoms with E-state index in [1.54, 1.807) is 0 Å². The van der Waals surface area contributed by atoms with Crippen LogP contribution >= 0.6 is 0 Å². The van der Waals surface area contributed by atoms with Crippen LogP contribution in [0.3, 0.4) is 0 Å². The summed E-state index contributed by atoms with van der Waals surface area (Å²) in [7, 11) is 2.28. The van der Waals surface area contributed by atoms with Crippen molar-refractivity contribution in [2.24, 2.45) is 0 Å². The molecule has 2 rings (SSSR count). The van der Waals surface area contributed by atoms with Crippen LogP contribution in [0.4, 0.5) is 0 Å². The maximum atomic E-state index is 3.72. The number of likely N-dealkylation sites (N-methyl/N-ethyl adjacent to an activating group) is 1. The number of nitrogens with zero attached hydrogens (tertiary/aromatic N) is 1. The van der Waals surface area contributed by atoms with Gasteiger partial charge >= 0.3 is 0 Å². The van der Waals surface area contributed by atoms with Gasteiger partial charge in [0.25, 0.3) is 0 Å². The van der Waals surface area contributed by atoms with Gasteiger partial charge in [0.05, 0.1) is 0 Å². The summed E-state index contributed by atoms with van der Waals surface area (Å²) in [4.78, 5) is 2.54. The summed E-state index contributed by atoms with van der Waals surface area (Å²) >= 11 is 0. The Morgan fingerprint density at radius 3 is 2.79 bits per heavy atom. The molecule has 0 spiro atoms. The molecule has 2 nitrogen and oxygen atoms in total. The minimum atomic E-state index is 0.689. The van der Waals surface area contributed by atoms with Crippen LogP contribution in [0.25, 0.3) is 0 Å². The smallest absolute Gasteiger partial charge is 0.0249 e. The highest BCUT2D eigenvalue weighted by molar-refractivity contribution is 5.25. The standard InChI is InChI=1S/C17H28N2/c1-4-12-18-16-10-7-11-17(16)19(3)13-15-9-6-5-8-14(15)2/h5-6,8-9,16-18H,4,7,10-13H2,1-3H3. The number of hydrogen-bond acceptors (Lipinski definition) is 2. The second-order valence-electron chi connectivity index (χ2n) is 5.90. The van der Waals surface area contributed by atoms with E-state index in [4.69, 9.17) is 0 Å². The summed E-state index contributed by atoms with van der Waals surface area (Å²) in [5.41, 5.74) is 2.87. The predicted octanol–water partition coefficient (Wildman–Crippen LogP) is 3.35. The van der Waals surface area contributed by atoms with Crippen molar-refractivity contribution in [2.45, 2.75) is 58.2 Å². The molecule has 0 heterocycles. The Hall–Kier alpha value is -0.860. The number of aryl methyl sites for hydroxylation is 1. The van der Waals surface area contributed by atoms with Crippen molar-refractivity contribution in [3.8, 4) is 0 Å². The van der Waals surface area contributed by atoms with Crippen LogP contribution in [0.1, 0.15) is 43.7 Å². The molecule has 1 saturated carbocycles. The third-order valence-electron chi connectivity index (χ3n) is 4.38. The normalized spacial score (nSPS) is 23.2. The van der Waals surface area contributed by atoms with E-state index in [1.165, 1.54) is 36.8 Å². The average Bonchev–Trinajstić information content (AvgIpc) is 2.87. The minimum absolute atomic E-state index is 0.689. The van der Waals surface area contributed by atoms with Gasteiger partial charge in [-0.25, -0.2) is 0 Å². The summed E-state index contributed by atoms with van der Waals surface area (Å²) in [5.74, 6) is 0. The monoisotopic (exact) mass is 260 g/mol. The first kappa shape index (κ1) is 14.5. The fourth-order valence-corrected chi connectivity index (χ4v) is 3.21. The lowest BCUT2D eigenvalue weighted by molar-refractivity contribution is 0.203. The molecule has 1 aromatic rings. The summed E-state index contributed by atoms with van der Waals surface area (Å²) in [5, 5.41) is 3.72. The van der Waals surface area contributed by atoms with Crippen LogP contribution in [0.15, 0.2) is 24.3 Å². The zero-order chi connectivity index (χ0) is 13.7. The molecule has 1 N–H and O–H groups in total. The van der Waals surface area contributed by atoms with Gasteiger partial charge in [0, 0.05) is 18.6 Å². The van der Waals surface area contributed by atoms with E-state index < -0.39 is 0 Å². The van der Waals surface area contributed by atoms with E-state index in [1.807, 2.05) is 0 Å². The van der Waals surface area contributed by atoms with Gasteiger partial charge < -0.3 is 5.32 Å². The Bertz CT molecular complexity index is 389. The molecule has 0 saturated heterocycles. The second-order valence-corrected chi connectivity index (χ2v) is 5.90. The van der Waals surface area contributed by atoms with Crippen molar-refractivity contribution >= 4 is 0 Å². The molecule has 0 bridgehead atoms. The lowest BCUT2D eigenvalue weighted by Gasteiger charge is -2.30. The highest BCUT2D eigenvalue weighted by Crippen LogP contribution is 2.25. The molecule has 1 aliphatic rings. The molecule has 1 aromatic carbocycles. The van der Waals surface area contributed by atoms with Gasteiger partial charge in [0.15, 0.2) is 0 Å². The number of rotatable bonds is 6. The van der Waals surface area contributed by atoms with Gasteiger partial charge in [0.2, 0.25) is 0 Å². The zero-order valence-corrected chi connectivity index (χ0v) is 12.7. The van der Waals surface area contributed by atoms with Gasteiger partial charge in [-0.15, -0.1) is 0 Å². The highest BCUT2D eigenvalue weighted by Gasteiger charge is 2.29. The van der Waals surface area contributed by atoms with Gasteiger partial charge in [0.1, 0.15) is 0 Å². The van der Waals surface area contributed by atoms with Gasteiger partial charge in [-0.05, 0) is 50.9 Å². The summed E-state index contributed by atoms with van der Waals surface area (Å²) in [6, 6.07) is 10.1. The summed E-state index contributed by atoms with van der Waals surface area (Å²) in [6.45, 7) is 6.68. The first-order valence-electron chi connectivity index (χ1n) is 7.70. The van der Waals surface area contributed by atoms with Crippen molar-refractivity contribution in [1.29, 1.82) is 0 Å². The Balaban J connectivity index is 1.95. The van der Waals surface area contributed by atoms with E-state index in [0.717, 1.165) is 13.1 Å². The van der Waals surface area contributed by atoms with Crippen LogP contribution in [0, 0.1) is 6.92 Å². The molecule has 2 unspecified atom stereocenters. The largest absolute Gasteiger partial charge is 0.312 e. The van der Waals surface area contributed by atoms with Crippen LogP contribution in [-0.4, -0.2) is 30.6 Å². The SMILES string of the molecule is CCCNC1CCCC1N(C)Cc1ccccc1C. The molecular formula is C17H28N2. The van der Waals surface area contributed by atoms with Crippen LogP contribution in [-0.2, 0) is 6.54 Å². The Kier molecular flexibility index (Phi) is 5.41. The van der Waals surface area contributed by atoms with Crippen molar-refractivity contribution in [3.05, 3.63) is 35.4 Å². The Morgan fingerprint density at radius 2 is 2.05 bits per heavy atom. The molecule has 19 heavy (non-hydrogen) atoms. The predicted molar refractivity (Wildman–Crippen MR) is 82.4 cm³/mol. The summed E-state index contributed by atoms with van der Waals surface area (Å²) in [6.07, 6.45) is 5.27. The molecule has 1 fully saturated rings. The fourth-order valence-electron chi connectivity index (χ4n) is 3.21. The molecule has 2 atom stereocenters. The molecule has 0 amide bonds. The molecule has 2 heteroatoms. The third kappa shape index (κ3) is 3.80. The van der Waals surface area contributed by atoms with Gasteiger partial charge in [-0.3, -0.25) is 4.90 Å². The van der Waals surface area contributed by atoms with Crippen molar-refractivity contribution < 1.29 is 0 Å². The lowest BCUT2D eigenvalue weighted by atomic mass is 10.1. The van der Waals surface area contributed by atoms with Crippen molar-refractivity contribution in [2.75, 3.05) is 13.6 Å². The Labute approximate surface area is 118 Å². The van der Waals surface area contributed by atoms with Crippen LogP contribution < -0.4 is 5.32 Å². The van der Waals surface area contributed by atoms with Crippen molar-refractivity contribution in [1.82, 2.24) is 10.2 Å². The maximum absolute atomic E-state index is 3.72. The number of benzene rings is 1. The molecule has 106 valence electrons. The number of nitrogens with one attached hydrogen (secondary N) is 1. The summed E-state index contributed by atoms with van der Waals surface area (Å²) < 4.78 is 0. The highest BCUT2D eigenvalue weighted by atomic mass is 15.2. The molecule has 0 aliphatic heterocycles. The van der Waals surface area contributed by atoms with Crippen LogP contribution in [0.5, 0.6) is 0 Å². The molecule has 1 aliphatic carbocycles. The van der Waals surface area contributed by atoms with E-state index >= 15 is 0 Å². The number of hydrogen-bond donors (Lipinski definition) is 1. The topological polar surface area (TPSA) is 15.3 Å². The molecular weight excluding hydrogens is 232 g/mol. The van der Waals surface area contributed by atoms with Crippen LogP contribution in [0.2, 0.25) is 0 Å². The molecule has 0 aromatic heterocycles. The first-order chi connectivity index (χ1) is 9.22. The van der Waals surface area contributed by atoms with Crippen molar-refractivity contribution in [3.63, 3.8) is 0 Å².